The average molecular weight is 1200 g/mol. The van der Waals surface area contributed by atoms with Gasteiger partial charge in [-0.15, -0.1) is 0 Å². The van der Waals surface area contributed by atoms with Crippen molar-refractivity contribution in [3.05, 3.63) is 24.3 Å². The standard InChI is InChI=1S/C70H133NO13/c1-3-5-7-9-11-13-15-17-19-21-22-23-24-25-26-27-28-29-30-31-32-33-34-35-36-37-38-40-42-44-46-48-50-52-54-62(75)71-58(59(74)53-51-49-47-45-43-41-39-20-18-16-14-12-10-8-6-4-2)57-81-69-67(80)65(78)68(61(56-73)83-69)84-70-66(79)64(77)63(76)60(55-72)82-70/h43,45,51,53,58-61,63-70,72-74,76-80H,3-42,44,46-50,52,54-57H2,1-2H3,(H,71,75)/b45-43+,53-51+. The summed E-state index contributed by atoms with van der Waals surface area (Å²) in [7, 11) is 0. The van der Waals surface area contributed by atoms with Gasteiger partial charge in [0, 0.05) is 6.42 Å². The molecule has 0 radical (unpaired) electrons. The van der Waals surface area contributed by atoms with E-state index in [1.165, 1.54) is 257 Å². The molecule has 2 aliphatic heterocycles. The SMILES string of the molecule is CCCCCCCCCCCC/C=C/CC/C=C/C(O)C(COC1OC(CO)C(OC2OC(CO)C(O)C(O)C2O)C(O)C1O)NC(=O)CCCCCCCCCCCCCCCCCCCCCCCCCCCCCCCCCCCC. The molecular formula is C70H133NO13. The Hall–Kier alpha value is -1.53. The number of carbonyl (C=O) groups excluding carboxylic acids is 1. The number of rotatable bonds is 59. The second-order valence-electron chi connectivity index (χ2n) is 25.4. The van der Waals surface area contributed by atoms with Gasteiger partial charge in [-0.1, -0.05) is 308 Å². The Bertz CT molecular complexity index is 1500. The third-order valence-electron chi connectivity index (χ3n) is 17.6. The van der Waals surface area contributed by atoms with Gasteiger partial charge in [-0.2, -0.15) is 0 Å². The highest BCUT2D eigenvalue weighted by Gasteiger charge is 2.51. The maximum atomic E-state index is 13.3. The highest BCUT2D eigenvalue weighted by molar-refractivity contribution is 5.76. The molecule has 0 aromatic heterocycles. The van der Waals surface area contributed by atoms with Crippen molar-refractivity contribution >= 4 is 5.91 Å². The van der Waals surface area contributed by atoms with Gasteiger partial charge >= 0.3 is 0 Å². The lowest BCUT2D eigenvalue weighted by Crippen LogP contribution is -2.65. The lowest BCUT2D eigenvalue weighted by molar-refractivity contribution is -0.359. The minimum atomic E-state index is -1.79. The lowest BCUT2D eigenvalue weighted by atomic mass is 9.97. The van der Waals surface area contributed by atoms with Crippen molar-refractivity contribution in [2.45, 2.75) is 396 Å². The second kappa shape index (κ2) is 55.5. The molecule has 84 heavy (non-hydrogen) atoms. The van der Waals surface area contributed by atoms with Crippen molar-refractivity contribution in [1.29, 1.82) is 0 Å². The zero-order chi connectivity index (χ0) is 60.9. The molecule has 14 nitrogen and oxygen atoms in total. The Labute approximate surface area is 513 Å². The highest BCUT2D eigenvalue weighted by Crippen LogP contribution is 2.30. The van der Waals surface area contributed by atoms with Gasteiger partial charge in [0.2, 0.25) is 5.91 Å². The molecule has 0 bridgehead atoms. The first kappa shape index (κ1) is 78.6. The Morgan fingerprint density at radius 3 is 1.17 bits per heavy atom. The van der Waals surface area contributed by atoms with Gasteiger partial charge in [0.25, 0.3) is 0 Å². The van der Waals surface area contributed by atoms with Crippen LogP contribution in [0, 0.1) is 0 Å². The van der Waals surface area contributed by atoms with Crippen molar-refractivity contribution < 1.29 is 64.6 Å². The van der Waals surface area contributed by atoms with Gasteiger partial charge in [-0.25, -0.2) is 0 Å². The van der Waals surface area contributed by atoms with E-state index in [2.05, 4.69) is 31.3 Å². The number of amides is 1. The van der Waals surface area contributed by atoms with E-state index < -0.39 is 86.8 Å². The first-order valence-electron chi connectivity index (χ1n) is 35.6. The minimum absolute atomic E-state index is 0.242. The zero-order valence-corrected chi connectivity index (χ0v) is 53.9. The van der Waals surface area contributed by atoms with Gasteiger partial charge in [0.05, 0.1) is 32.0 Å². The van der Waals surface area contributed by atoms with Crippen LogP contribution in [0.15, 0.2) is 24.3 Å². The third kappa shape index (κ3) is 39.5. The van der Waals surface area contributed by atoms with Gasteiger partial charge in [0.15, 0.2) is 12.6 Å². The van der Waals surface area contributed by atoms with Crippen LogP contribution in [0.2, 0.25) is 0 Å². The van der Waals surface area contributed by atoms with Crippen molar-refractivity contribution in [1.82, 2.24) is 5.32 Å². The van der Waals surface area contributed by atoms with Crippen LogP contribution in [-0.4, -0.2) is 140 Å². The number of hydrogen-bond donors (Lipinski definition) is 9. The molecule has 2 fully saturated rings. The van der Waals surface area contributed by atoms with Crippen molar-refractivity contribution in [3.8, 4) is 0 Å². The highest BCUT2D eigenvalue weighted by atomic mass is 16.7. The van der Waals surface area contributed by atoms with Crippen LogP contribution in [-0.2, 0) is 23.7 Å². The van der Waals surface area contributed by atoms with E-state index in [4.69, 9.17) is 18.9 Å². The molecule has 12 atom stereocenters. The normalized spacial score (nSPS) is 23.7. The molecule has 9 N–H and O–H groups in total. The van der Waals surface area contributed by atoms with Gasteiger partial charge in [-0.3, -0.25) is 4.79 Å². The summed E-state index contributed by atoms with van der Waals surface area (Å²) in [6.07, 6.45) is 52.6. The van der Waals surface area contributed by atoms with E-state index >= 15 is 0 Å². The van der Waals surface area contributed by atoms with Gasteiger partial charge < -0.3 is 65.1 Å². The number of aliphatic hydroxyl groups is 8. The third-order valence-corrected chi connectivity index (χ3v) is 17.6. The van der Waals surface area contributed by atoms with Crippen LogP contribution in [0.25, 0.3) is 0 Å². The van der Waals surface area contributed by atoms with Gasteiger partial charge in [-0.05, 0) is 32.1 Å². The average Bonchev–Trinajstić information content (AvgIpc) is 3.69. The van der Waals surface area contributed by atoms with E-state index in [1.807, 2.05) is 6.08 Å². The number of hydrogen-bond acceptors (Lipinski definition) is 13. The first-order valence-corrected chi connectivity index (χ1v) is 35.6. The largest absolute Gasteiger partial charge is 0.394 e. The predicted molar refractivity (Wildman–Crippen MR) is 342 cm³/mol. The molecule has 0 aliphatic carbocycles. The number of nitrogens with one attached hydrogen (secondary N) is 1. The monoisotopic (exact) mass is 1200 g/mol. The minimum Gasteiger partial charge on any atom is -0.394 e. The summed E-state index contributed by atoms with van der Waals surface area (Å²) in [6.45, 7) is 2.82. The maximum absolute atomic E-state index is 13.3. The van der Waals surface area contributed by atoms with Crippen LogP contribution in [0.5, 0.6) is 0 Å². The van der Waals surface area contributed by atoms with Crippen LogP contribution < -0.4 is 5.32 Å². The number of ether oxygens (including phenoxy) is 4. The van der Waals surface area contributed by atoms with E-state index in [0.29, 0.717) is 12.8 Å². The Kier molecular flexibility index (Phi) is 51.9. The van der Waals surface area contributed by atoms with Crippen LogP contribution >= 0.6 is 0 Å². The van der Waals surface area contributed by atoms with E-state index in [0.717, 1.165) is 32.1 Å². The molecule has 2 heterocycles. The molecule has 0 spiro atoms. The number of carbonyl (C=O) groups is 1. The molecule has 14 heteroatoms. The molecule has 2 saturated heterocycles. The molecule has 0 aromatic carbocycles. The summed E-state index contributed by atoms with van der Waals surface area (Å²) in [5.74, 6) is -0.242. The Balaban J connectivity index is 1.61. The molecule has 12 unspecified atom stereocenters. The fourth-order valence-corrected chi connectivity index (χ4v) is 12.0. The Morgan fingerprint density at radius 1 is 0.417 bits per heavy atom. The van der Waals surface area contributed by atoms with Crippen LogP contribution in [0.1, 0.15) is 322 Å². The van der Waals surface area contributed by atoms with Crippen molar-refractivity contribution in [3.63, 3.8) is 0 Å². The second-order valence-corrected chi connectivity index (χ2v) is 25.4. The molecular weight excluding hydrogens is 1060 g/mol. The van der Waals surface area contributed by atoms with E-state index in [-0.39, 0.29) is 18.9 Å². The van der Waals surface area contributed by atoms with Crippen molar-refractivity contribution in [2.24, 2.45) is 0 Å². The smallest absolute Gasteiger partial charge is 0.220 e. The fraction of sp³-hybridized carbons (Fsp3) is 0.929. The number of allylic oxidation sites excluding steroid dienone is 3. The summed E-state index contributed by atoms with van der Waals surface area (Å²) < 4.78 is 22.8. The summed E-state index contributed by atoms with van der Waals surface area (Å²) in [6, 6.07) is -0.928. The number of aliphatic hydroxyl groups excluding tert-OH is 8. The molecule has 1 amide bonds. The zero-order valence-electron chi connectivity index (χ0n) is 53.9. The molecule has 2 aliphatic rings. The molecule has 496 valence electrons. The summed E-state index contributed by atoms with van der Waals surface area (Å²) in [4.78, 5) is 13.3. The maximum Gasteiger partial charge on any atom is 0.220 e. The summed E-state index contributed by atoms with van der Waals surface area (Å²) in [5.41, 5.74) is 0. The topological polar surface area (TPSA) is 228 Å². The first-order chi connectivity index (χ1) is 41.1. The number of unbranched alkanes of at least 4 members (excludes halogenated alkanes) is 44. The fourth-order valence-electron chi connectivity index (χ4n) is 12.0. The summed E-state index contributed by atoms with van der Waals surface area (Å²) in [5, 5.41) is 87.3. The van der Waals surface area contributed by atoms with E-state index in [1.54, 1.807) is 6.08 Å². The molecule has 2 rings (SSSR count). The van der Waals surface area contributed by atoms with Crippen LogP contribution in [0.4, 0.5) is 0 Å². The molecule has 0 aromatic rings. The Morgan fingerprint density at radius 2 is 0.762 bits per heavy atom. The lowest BCUT2D eigenvalue weighted by Gasteiger charge is -2.46. The van der Waals surface area contributed by atoms with Crippen molar-refractivity contribution in [2.75, 3.05) is 19.8 Å². The predicted octanol–water partition coefficient (Wildman–Crippen LogP) is 14.3. The van der Waals surface area contributed by atoms with Gasteiger partial charge in [0.1, 0.15) is 48.8 Å². The van der Waals surface area contributed by atoms with Crippen LogP contribution in [0.3, 0.4) is 0 Å². The van der Waals surface area contributed by atoms with E-state index in [9.17, 15) is 45.6 Å². The molecule has 0 saturated carbocycles. The summed E-state index contributed by atoms with van der Waals surface area (Å²) >= 11 is 0. The quantitative estimate of drug-likeness (QED) is 0.0204.